The summed E-state index contributed by atoms with van der Waals surface area (Å²) in [6, 6.07) is -0.510. The van der Waals surface area contributed by atoms with Crippen molar-refractivity contribution in [2.75, 3.05) is 0 Å². The van der Waals surface area contributed by atoms with Crippen LogP contribution in [0, 0.1) is 16.7 Å². The Morgan fingerprint density at radius 3 is 2.72 bits per heavy atom. The SMILES string of the molecule is C=CC[C@H](C)OC(=O)C#CCC(CC[C@@H]1OC(C)(C)O[C@@H]1C=C)N=O. The van der Waals surface area contributed by atoms with Crippen molar-refractivity contribution in [3.63, 3.8) is 0 Å². The van der Waals surface area contributed by atoms with Gasteiger partial charge in [0.25, 0.3) is 0 Å². The number of hydrogen-bond donors (Lipinski definition) is 0. The molecule has 1 heterocycles. The van der Waals surface area contributed by atoms with Crippen LogP contribution >= 0.6 is 0 Å². The Morgan fingerprint density at radius 1 is 1.40 bits per heavy atom. The molecule has 1 fully saturated rings. The minimum atomic E-state index is -0.667. The number of nitroso groups, excluding NO2 is 1. The summed E-state index contributed by atoms with van der Waals surface area (Å²) < 4.78 is 16.6. The van der Waals surface area contributed by atoms with Crippen molar-refractivity contribution >= 4 is 5.97 Å². The number of carbonyl (C=O) groups excluding carboxylic acids is 1. The van der Waals surface area contributed by atoms with E-state index in [-0.39, 0.29) is 24.7 Å². The molecule has 0 aromatic carbocycles. The fraction of sp³-hybridized carbons (Fsp3) is 0.632. The molecule has 0 saturated carbocycles. The topological polar surface area (TPSA) is 74.2 Å². The third-order valence-electron chi connectivity index (χ3n) is 3.72. The van der Waals surface area contributed by atoms with Gasteiger partial charge in [-0.25, -0.2) is 4.79 Å². The first-order valence-corrected chi connectivity index (χ1v) is 8.42. The van der Waals surface area contributed by atoms with Gasteiger partial charge in [0.1, 0.15) is 18.2 Å². The van der Waals surface area contributed by atoms with Crippen LogP contribution in [0.1, 0.15) is 46.5 Å². The summed E-state index contributed by atoms with van der Waals surface area (Å²) in [5, 5.41) is 3.08. The summed E-state index contributed by atoms with van der Waals surface area (Å²) in [5.41, 5.74) is 0. The van der Waals surface area contributed by atoms with Crippen LogP contribution in [-0.4, -0.2) is 36.1 Å². The summed E-state index contributed by atoms with van der Waals surface area (Å²) in [4.78, 5) is 22.5. The predicted octanol–water partition coefficient (Wildman–Crippen LogP) is 3.51. The molecule has 1 unspecified atom stereocenters. The second kappa shape index (κ2) is 10.1. The molecular formula is C19H27NO5. The van der Waals surface area contributed by atoms with Crippen LogP contribution in [0.25, 0.3) is 0 Å². The molecule has 138 valence electrons. The number of esters is 1. The predicted molar refractivity (Wildman–Crippen MR) is 95.6 cm³/mol. The Bertz CT molecular complexity index is 546. The maximum atomic E-state index is 11.5. The fourth-order valence-corrected chi connectivity index (χ4v) is 2.57. The average Bonchev–Trinajstić information content (AvgIpc) is 2.84. The molecule has 25 heavy (non-hydrogen) atoms. The third kappa shape index (κ3) is 7.63. The lowest BCUT2D eigenvalue weighted by molar-refractivity contribution is -0.143. The van der Waals surface area contributed by atoms with E-state index in [2.05, 4.69) is 30.2 Å². The second-order valence-electron chi connectivity index (χ2n) is 6.46. The summed E-state index contributed by atoms with van der Waals surface area (Å²) in [7, 11) is 0. The molecule has 6 nitrogen and oxygen atoms in total. The van der Waals surface area contributed by atoms with Gasteiger partial charge in [0, 0.05) is 18.8 Å². The first kappa shape index (κ1) is 21.1. The number of hydrogen-bond acceptors (Lipinski definition) is 6. The maximum absolute atomic E-state index is 11.5. The smallest absolute Gasteiger partial charge is 0.384 e. The zero-order valence-electron chi connectivity index (χ0n) is 15.2. The van der Waals surface area contributed by atoms with Crippen LogP contribution in [0.4, 0.5) is 0 Å². The van der Waals surface area contributed by atoms with Crippen molar-refractivity contribution in [2.24, 2.45) is 5.18 Å². The highest BCUT2D eigenvalue weighted by atomic mass is 16.7. The van der Waals surface area contributed by atoms with Gasteiger partial charge < -0.3 is 14.2 Å². The molecule has 0 N–H and O–H groups in total. The van der Waals surface area contributed by atoms with Gasteiger partial charge >= 0.3 is 5.97 Å². The fourth-order valence-electron chi connectivity index (χ4n) is 2.57. The number of carbonyl (C=O) groups is 1. The zero-order chi connectivity index (χ0) is 18.9. The summed E-state index contributed by atoms with van der Waals surface area (Å²) >= 11 is 0. The molecule has 1 rings (SSSR count). The lowest BCUT2D eigenvalue weighted by Crippen LogP contribution is -2.22. The van der Waals surface area contributed by atoms with Gasteiger partial charge in [-0.05, 0) is 33.6 Å². The number of ether oxygens (including phenoxy) is 3. The van der Waals surface area contributed by atoms with Gasteiger partial charge in [-0.15, -0.1) is 13.2 Å². The van der Waals surface area contributed by atoms with Crippen molar-refractivity contribution in [3.8, 4) is 11.8 Å². The Kier molecular flexibility index (Phi) is 8.53. The molecule has 0 aromatic rings. The van der Waals surface area contributed by atoms with Crippen molar-refractivity contribution in [3.05, 3.63) is 30.2 Å². The molecule has 0 aromatic heterocycles. The van der Waals surface area contributed by atoms with Crippen LogP contribution < -0.4 is 0 Å². The summed E-state index contributed by atoms with van der Waals surface area (Å²) in [6.07, 6.45) is 4.57. The Labute approximate surface area is 149 Å². The standard InChI is InChI=1S/C19H27NO5/c1-6-9-14(3)23-18(21)11-8-10-15(20-22)12-13-17-16(7-2)24-19(4,5)25-17/h6-7,14-17H,1-2,9-10,12-13H2,3-5H3/t14-,15?,16+,17-/m0/s1. The first-order valence-electron chi connectivity index (χ1n) is 8.42. The Hall–Kier alpha value is -1.97. The van der Waals surface area contributed by atoms with E-state index in [0.717, 1.165) is 0 Å². The number of rotatable bonds is 9. The maximum Gasteiger partial charge on any atom is 0.384 e. The molecule has 0 spiro atoms. The molecule has 4 atom stereocenters. The minimum Gasteiger partial charge on any atom is -0.453 e. The lowest BCUT2D eigenvalue weighted by atomic mass is 10.0. The highest BCUT2D eigenvalue weighted by Crippen LogP contribution is 2.31. The molecule has 0 aliphatic carbocycles. The van der Waals surface area contributed by atoms with E-state index in [1.54, 1.807) is 19.1 Å². The molecule has 1 saturated heterocycles. The van der Waals surface area contributed by atoms with E-state index in [9.17, 15) is 9.70 Å². The van der Waals surface area contributed by atoms with Crippen molar-refractivity contribution in [1.29, 1.82) is 0 Å². The third-order valence-corrected chi connectivity index (χ3v) is 3.72. The van der Waals surface area contributed by atoms with Gasteiger partial charge in [-0.1, -0.05) is 23.2 Å². The lowest BCUT2D eigenvalue weighted by Gasteiger charge is -2.17. The second-order valence-corrected chi connectivity index (χ2v) is 6.46. The highest BCUT2D eigenvalue weighted by molar-refractivity contribution is 5.88. The molecule has 6 heteroatoms. The van der Waals surface area contributed by atoms with E-state index in [4.69, 9.17) is 14.2 Å². The van der Waals surface area contributed by atoms with Crippen LogP contribution in [0.3, 0.4) is 0 Å². The van der Waals surface area contributed by atoms with E-state index < -0.39 is 17.8 Å². The highest BCUT2D eigenvalue weighted by Gasteiger charge is 2.39. The van der Waals surface area contributed by atoms with E-state index in [1.165, 1.54) is 0 Å². The quantitative estimate of drug-likeness (QED) is 0.209. The summed E-state index contributed by atoms with van der Waals surface area (Å²) in [6.45, 7) is 12.8. The van der Waals surface area contributed by atoms with Gasteiger partial charge in [-0.3, -0.25) is 0 Å². The Morgan fingerprint density at radius 2 is 2.12 bits per heavy atom. The van der Waals surface area contributed by atoms with Crippen LogP contribution in [0.15, 0.2) is 30.5 Å². The largest absolute Gasteiger partial charge is 0.453 e. The van der Waals surface area contributed by atoms with Gasteiger partial charge in [0.2, 0.25) is 0 Å². The van der Waals surface area contributed by atoms with Crippen LogP contribution in [0.2, 0.25) is 0 Å². The molecule has 1 aliphatic heterocycles. The first-order chi connectivity index (χ1) is 11.8. The van der Waals surface area contributed by atoms with Gasteiger partial charge in [-0.2, -0.15) is 4.91 Å². The minimum absolute atomic E-state index is 0.172. The normalized spacial score (nSPS) is 23.6. The number of nitrogens with zero attached hydrogens (tertiary/aromatic N) is 1. The zero-order valence-corrected chi connectivity index (χ0v) is 15.2. The molecule has 0 amide bonds. The van der Waals surface area contributed by atoms with Crippen LogP contribution in [0.5, 0.6) is 0 Å². The van der Waals surface area contributed by atoms with Crippen molar-refractivity contribution in [1.82, 2.24) is 0 Å². The van der Waals surface area contributed by atoms with E-state index in [0.29, 0.717) is 19.3 Å². The molecule has 0 bridgehead atoms. The summed E-state index contributed by atoms with van der Waals surface area (Å²) in [5.74, 6) is 3.77. The molecular weight excluding hydrogens is 322 g/mol. The van der Waals surface area contributed by atoms with Crippen molar-refractivity contribution in [2.45, 2.75) is 76.6 Å². The monoisotopic (exact) mass is 349 g/mol. The van der Waals surface area contributed by atoms with Gasteiger partial charge in [0.05, 0.1) is 6.10 Å². The van der Waals surface area contributed by atoms with E-state index >= 15 is 0 Å². The van der Waals surface area contributed by atoms with Crippen LogP contribution in [-0.2, 0) is 19.0 Å². The van der Waals surface area contributed by atoms with Gasteiger partial charge in [0.15, 0.2) is 5.79 Å². The Balaban J connectivity index is 2.44. The average molecular weight is 349 g/mol. The molecule has 0 radical (unpaired) electrons. The van der Waals surface area contributed by atoms with E-state index in [1.807, 2.05) is 13.8 Å². The molecule has 1 aliphatic rings. The van der Waals surface area contributed by atoms with Crippen molar-refractivity contribution < 1.29 is 19.0 Å².